The predicted molar refractivity (Wildman–Crippen MR) is 76.0 cm³/mol. The van der Waals surface area contributed by atoms with Crippen LogP contribution in [-0.4, -0.2) is 25.3 Å². The summed E-state index contributed by atoms with van der Waals surface area (Å²) in [5.41, 5.74) is 5.67. The highest BCUT2D eigenvalue weighted by Crippen LogP contribution is 2.29. The number of halogens is 1. The maximum absolute atomic E-state index is 13.5. The fourth-order valence-corrected chi connectivity index (χ4v) is 4.46. The van der Waals surface area contributed by atoms with Crippen molar-refractivity contribution in [2.75, 3.05) is 6.54 Å². The van der Waals surface area contributed by atoms with Crippen LogP contribution >= 0.6 is 0 Å². The summed E-state index contributed by atoms with van der Waals surface area (Å²) in [5.74, 6) is -0.139. The molecule has 2 N–H and O–H groups in total. The number of sulfonamides is 1. The van der Waals surface area contributed by atoms with E-state index in [4.69, 9.17) is 5.73 Å². The standard InChI is InChI=1S/C14H21FN2O2S/c1-10-4-3-7-17(11(10)2)20(18,19)13-5-6-14(15)12(8-13)9-16/h5-6,8,10-11H,3-4,7,9,16H2,1-2H3. The van der Waals surface area contributed by atoms with E-state index in [1.165, 1.54) is 22.5 Å². The van der Waals surface area contributed by atoms with E-state index in [9.17, 15) is 12.8 Å². The van der Waals surface area contributed by atoms with Gasteiger partial charge in [0.05, 0.1) is 4.90 Å². The molecule has 0 spiro atoms. The summed E-state index contributed by atoms with van der Waals surface area (Å²) in [5, 5.41) is 0. The number of hydrogen-bond donors (Lipinski definition) is 1. The molecule has 1 heterocycles. The van der Waals surface area contributed by atoms with Crippen LogP contribution in [0.2, 0.25) is 0 Å². The average Bonchev–Trinajstić information content (AvgIpc) is 2.42. The molecule has 2 rings (SSSR count). The zero-order chi connectivity index (χ0) is 14.9. The Hall–Kier alpha value is -0.980. The number of piperidine rings is 1. The number of nitrogens with two attached hydrogens (primary N) is 1. The summed E-state index contributed by atoms with van der Waals surface area (Å²) in [6.07, 6.45) is 1.89. The second-order valence-electron chi connectivity index (χ2n) is 5.43. The third kappa shape index (κ3) is 2.73. The lowest BCUT2D eigenvalue weighted by Gasteiger charge is -2.36. The van der Waals surface area contributed by atoms with Gasteiger partial charge >= 0.3 is 0 Å². The first-order valence-corrected chi connectivity index (χ1v) is 8.32. The Morgan fingerprint density at radius 3 is 2.75 bits per heavy atom. The fourth-order valence-electron chi connectivity index (χ4n) is 2.64. The van der Waals surface area contributed by atoms with Crippen LogP contribution in [0.25, 0.3) is 0 Å². The molecule has 0 aliphatic carbocycles. The SMILES string of the molecule is CC1CCCN(S(=O)(=O)c2ccc(F)c(CN)c2)C1C. The van der Waals surface area contributed by atoms with Crippen molar-refractivity contribution >= 4 is 10.0 Å². The first-order valence-electron chi connectivity index (χ1n) is 6.88. The predicted octanol–water partition coefficient (Wildman–Crippen LogP) is 2.09. The van der Waals surface area contributed by atoms with Crippen LogP contribution in [0.1, 0.15) is 32.3 Å². The quantitative estimate of drug-likeness (QED) is 0.929. The van der Waals surface area contributed by atoms with Crippen LogP contribution in [0.5, 0.6) is 0 Å². The van der Waals surface area contributed by atoms with Crippen molar-refractivity contribution in [3.8, 4) is 0 Å². The minimum absolute atomic E-state index is 0.0127. The Bertz CT molecular complexity index is 589. The van der Waals surface area contributed by atoms with Crippen LogP contribution in [0, 0.1) is 11.7 Å². The van der Waals surface area contributed by atoms with Crippen LogP contribution < -0.4 is 5.73 Å². The van der Waals surface area contributed by atoms with Crippen molar-refractivity contribution < 1.29 is 12.8 Å². The highest BCUT2D eigenvalue weighted by Gasteiger charge is 2.34. The molecule has 20 heavy (non-hydrogen) atoms. The van der Waals surface area contributed by atoms with Gasteiger partial charge in [-0.3, -0.25) is 0 Å². The third-order valence-electron chi connectivity index (χ3n) is 4.16. The molecule has 1 fully saturated rings. The molecule has 0 amide bonds. The van der Waals surface area contributed by atoms with E-state index in [2.05, 4.69) is 6.92 Å². The van der Waals surface area contributed by atoms with E-state index < -0.39 is 15.8 Å². The van der Waals surface area contributed by atoms with E-state index in [1.807, 2.05) is 6.92 Å². The van der Waals surface area contributed by atoms with Crippen LogP contribution in [0.15, 0.2) is 23.1 Å². The molecular formula is C14H21FN2O2S. The van der Waals surface area contributed by atoms with Crippen LogP contribution in [0.4, 0.5) is 4.39 Å². The van der Waals surface area contributed by atoms with Crippen LogP contribution in [-0.2, 0) is 16.6 Å². The number of nitrogens with zero attached hydrogens (tertiary/aromatic N) is 1. The zero-order valence-electron chi connectivity index (χ0n) is 11.8. The molecule has 1 aromatic carbocycles. The highest BCUT2D eigenvalue weighted by molar-refractivity contribution is 7.89. The summed E-state index contributed by atoms with van der Waals surface area (Å²) >= 11 is 0. The smallest absolute Gasteiger partial charge is 0.243 e. The van der Waals surface area contributed by atoms with Gasteiger partial charge in [-0.15, -0.1) is 0 Å². The molecule has 6 heteroatoms. The fraction of sp³-hybridized carbons (Fsp3) is 0.571. The highest BCUT2D eigenvalue weighted by atomic mass is 32.2. The molecular weight excluding hydrogens is 279 g/mol. The van der Waals surface area contributed by atoms with E-state index in [-0.39, 0.29) is 23.0 Å². The van der Waals surface area contributed by atoms with Gasteiger partial charge in [-0.2, -0.15) is 4.31 Å². The molecule has 1 aliphatic heterocycles. The zero-order valence-corrected chi connectivity index (χ0v) is 12.7. The van der Waals surface area contributed by atoms with E-state index in [0.29, 0.717) is 12.5 Å². The molecule has 1 aromatic rings. The Morgan fingerprint density at radius 2 is 2.10 bits per heavy atom. The number of rotatable bonds is 3. The van der Waals surface area contributed by atoms with E-state index in [1.54, 1.807) is 0 Å². The van der Waals surface area contributed by atoms with E-state index in [0.717, 1.165) is 12.8 Å². The van der Waals surface area contributed by atoms with Crippen molar-refractivity contribution in [1.82, 2.24) is 4.31 Å². The molecule has 0 aromatic heterocycles. The lowest BCUT2D eigenvalue weighted by atomic mass is 9.94. The minimum Gasteiger partial charge on any atom is -0.326 e. The van der Waals surface area contributed by atoms with Crippen molar-refractivity contribution in [2.45, 2.75) is 44.2 Å². The summed E-state index contributed by atoms with van der Waals surface area (Å²) in [6, 6.07) is 3.79. The lowest BCUT2D eigenvalue weighted by Crippen LogP contribution is -2.45. The lowest BCUT2D eigenvalue weighted by molar-refractivity contribution is 0.202. The molecule has 0 bridgehead atoms. The van der Waals surface area contributed by atoms with Crippen molar-refractivity contribution in [2.24, 2.45) is 11.7 Å². The normalized spacial score (nSPS) is 24.8. The molecule has 1 aliphatic rings. The Balaban J connectivity index is 2.39. The van der Waals surface area contributed by atoms with Crippen molar-refractivity contribution in [1.29, 1.82) is 0 Å². The summed E-state index contributed by atoms with van der Waals surface area (Å²) in [7, 11) is -3.58. The summed E-state index contributed by atoms with van der Waals surface area (Å²) in [4.78, 5) is 0.125. The van der Waals surface area contributed by atoms with Gasteiger partial charge in [0, 0.05) is 24.7 Å². The van der Waals surface area contributed by atoms with E-state index >= 15 is 0 Å². The van der Waals surface area contributed by atoms with Crippen molar-refractivity contribution in [3.05, 3.63) is 29.6 Å². The minimum atomic E-state index is -3.58. The van der Waals surface area contributed by atoms with Gasteiger partial charge in [-0.1, -0.05) is 6.92 Å². The molecule has 2 atom stereocenters. The maximum Gasteiger partial charge on any atom is 0.243 e. The second-order valence-corrected chi connectivity index (χ2v) is 7.32. The molecule has 0 saturated carbocycles. The Kier molecular flexibility index (Phi) is 4.46. The first kappa shape index (κ1) is 15.4. The van der Waals surface area contributed by atoms with Crippen LogP contribution in [0.3, 0.4) is 0 Å². The van der Waals surface area contributed by atoms with Gasteiger partial charge in [0.2, 0.25) is 10.0 Å². The topological polar surface area (TPSA) is 63.4 Å². The van der Waals surface area contributed by atoms with Gasteiger partial charge in [0.25, 0.3) is 0 Å². The second kappa shape index (κ2) is 5.79. The largest absolute Gasteiger partial charge is 0.326 e. The Morgan fingerprint density at radius 1 is 1.40 bits per heavy atom. The monoisotopic (exact) mass is 300 g/mol. The Labute approximate surface area is 119 Å². The number of hydrogen-bond acceptors (Lipinski definition) is 3. The number of benzene rings is 1. The van der Waals surface area contributed by atoms with Gasteiger partial charge in [-0.25, -0.2) is 12.8 Å². The molecule has 1 saturated heterocycles. The summed E-state index contributed by atoms with van der Waals surface area (Å²) < 4.78 is 40.3. The van der Waals surface area contributed by atoms with Gasteiger partial charge in [0.1, 0.15) is 5.82 Å². The van der Waals surface area contributed by atoms with Crippen molar-refractivity contribution in [3.63, 3.8) is 0 Å². The first-order chi connectivity index (χ1) is 9.37. The summed E-state index contributed by atoms with van der Waals surface area (Å²) in [6.45, 7) is 4.49. The molecule has 2 unspecified atom stereocenters. The van der Waals surface area contributed by atoms with Gasteiger partial charge < -0.3 is 5.73 Å². The molecule has 112 valence electrons. The molecule has 4 nitrogen and oxygen atoms in total. The van der Waals surface area contributed by atoms with Gasteiger partial charge in [0.15, 0.2) is 0 Å². The molecule has 0 radical (unpaired) electrons. The third-order valence-corrected chi connectivity index (χ3v) is 6.14. The van der Waals surface area contributed by atoms with Gasteiger partial charge in [-0.05, 0) is 43.9 Å². The maximum atomic E-state index is 13.5. The average molecular weight is 300 g/mol.